The molecule has 2 bridgehead atoms. The fourth-order valence-corrected chi connectivity index (χ4v) is 7.00. The molecule has 3 fully saturated rings. The summed E-state index contributed by atoms with van der Waals surface area (Å²) in [6.45, 7) is 3.46. The van der Waals surface area contributed by atoms with E-state index >= 15 is 0 Å². The monoisotopic (exact) mass is 549 g/mol. The Morgan fingerprint density at radius 3 is 2.25 bits per heavy atom. The smallest absolute Gasteiger partial charge is 0.282 e. The molecule has 36 heavy (non-hydrogen) atoms. The summed E-state index contributed by atoms with van der Waals surface area (Å²) in [7, 11) is 0. The molecule has 7 rings (SSSR count). The van der Waals surface area contributed by atoms with Gasteiger partial charge in [0.25, 0.3) is 11.6 Å². The molecule has 8 nitrogen and oxygen atoms in total. The lowest BCUT2D eigenvalue weighted by molar-refractivity contribution is -0.385. The molecule has 4 aliphatic carbocycles. The van der Waals surface area contributed by atoms with Crippen molar-refractivity contribution in [2.45, 2.75) is 20.3 Å². The molecule has 5 aliphatic rings. The summed E-state index contributed by atoms with van der Waals surface area (Å²) in [5.41, 5.74) is 1.74. The Morgan fingerprint density at radius 1 is 1.03 bits per heavy atom. The number of carbonyl (C=O) groups is 3. The van der Waals surface area contributed by atoms with Crippen LogP contribution >= 0.6 is 15.9 Å². The largest absolute Gasteiger partial charge is 0.289 e. The lowest BCUT2D eigenvalue weighted by atomic mass is 9.63. The van der Waals surface area contributed by atoms with Crippen molar-refractivity contribution in [1.82, 2.24) is 4.90 Å². The molecule has 0 spiro atoms. The van der Waals surface area contributed by atoms with E-state index in [0.29, 0.717) is 17.5 Å². The molecule has 1 saturated heterocycles. The van der Waals surface area contributed by atoms with Gasteiger partial charge in [0.2, 0.25) is 11.8 Å². The van der Waals surface area contributed by atoms with Gasteiger partial charge in [-0.25, -0.2) is 0 Å². The lowest BCUT2D eigenvalue weighted by Gasteiger charge is -2.37. The Morgan fingerprint density at radius 2 is 1.64 bits per heavy atom. The summed E-state index contributed by atoms with van der Waals surface area (Å²) >= 11 is 3.50. The second-order valence-electron chi connectivity index (χ2n) is 10.2. The van der Waals surface area contributed by atoms with Gasteiger partial charge < -0.3 is 0 Å². The van der Waals surface area contributed by atoms with Gasteiger partial charge in [0.05, 0.1) is 16.8 Å². The predicted molar refractivity (Wildman–Crippen MR) is 135 cm³/mol. The van der Waals surface area contributed by atoms with Crippen LogP contribution in [-0.2, 0) is 9.59 Å². The highest BCUT2D eigenvalue weighted by Crippen LogP contribution is 2.65. The number of likely N-dealkylation sites (tertiary alicyclic amines) is 1. The number of amides is 3. The minimum Gasteiger partial charge on any atom is -0.289 e. The fraction of sp³-hybridized carbons (Fsp3) is 0.370. The van der Waals surface area contributed by atoms with Gasteiger partial charge in [-0.1, -0.05) is 40.2 Å². The van der Waals surface area contributed by atoms with Crippen molar-refractivity contribution < 1.29 is 19.3 Å². The van der Waals surface area contributed by atoms with Crippen LogP contribution in [0.15, 0.2) is 53.0 Å². The zero-order chi connectivity index (χ0) is 25.5. The van der Waals surface area contributed by atoms with E-state index in [0.717, 1.165) is 22.0 Å². The van der Waals surface area contributed by atoms with Crippen LogP contribution in [-0.4, -0.2) is 34.2 Å². The molecule has 0 aromatic heterocycles. The van der Waals surface area contributed by atoms with Gasteiger partial charge in [0.15, 0.2) is 0 Å². The maximum Gasteiger partial charge on any atom is 0.282 e. The molecule has 3 amide bonds. The van der Waals surface area contributed by atoms with Crippen molar-refractivity contribution in [3.05, 3.63) is 79.8 Å². The summed E-state index contributed by atoms with van der Waals surface area (Å²) in [4.78, 5) is 54.8. The Hall–Kier alpha value is -3.33. The quantitative estimate of drug-likeness (QED) is 0.234. The summed E-state index contributed by atoms with van der Waals surface area (Å²) in [5.74, 6) is -0.809. The second-order valence-corrected chi connectivity index (χ2v) is 11.1. The fourth-order valence-electron chi connectivity index (χ4n) is 6.57. The molecule has 184 valence electrons. The van der Waals surface area contributed by atoms with Gasteiger partial charge in [0.1, 0.15) is 12.2 Å². The molecule has 0 N–H and O–H groups in total. The standard InChI is InChI=1S/C27H24BrN3O5/c1-13-14(2)21(10-9-20(13)28)29(25(32)17-5-3-4-6-22(17)31(35)36)12-30-26(33)23-15-7-8-16(19-11-18(15)19)24(23)27(30)34/h3-10,15-16,18-19,23-24H,11-12H2,1-2H3. The van der Waals surface area contributed by atoms with Gasteiger partial charge in [-0.3, -0.25) is 34.3 Å². The van der Waals surface area contributed by atoms with Crippen molar-refractivity contribution in [1.29, 1.82) is 0 Å². The first kappa shape index (κ1) is 23.1. The van der Waals surface area contributed by atoms with E-state index in [1.165, 1.54) is 28.0 Å². The van der Waals surface area contributed by atoms with Gasteiger partial charge in [0, 0.05) is 16.2 Å². The van der Waals surface area contributed by atoms with Gasteiger partial charge in [-0.05, 0) is 73.3 Å². The number of carbonyl (C=O) groups excluding carboxylic acids is 3. The number of allylic oxidation sites excluding steroid dienone is 2. The third-order valence-corrected chi connectivity index (χ3v) is 9.46. The van der Waals surface area contributed by atoms with Crippen LogP contribution in [0.2, 0.25) is 0 Å². The first-order chi connectivity index (χ1) is 17.2. The zero-order valence-electron chi connectivity index (χ0n) is 19.8. The van der Waals surface area contributed by atoms with Gasteiger partial charge in [-0.15, -0.1) is 0 Å². The molecule has 9 heteroatoms. The first-order valence-corrected chi connectivity index (χ1v) is 12.8. The van der Waals surface area contributed by atoms with Crippen molar-refractivity contribution in [3.63, 3.8) is 0 Å². The summed E-state index contributed by atoms with van der Waals surface area (Å²) in [6.07, 6.45) is 5.27. The average Bonchev–Trinajstić information content (AvgIpc) is 3.66. The molecule has 1 aliphatic heterocycles. The molecular formula is C27H24BrN3O5. The number of nitro groups is 1. The highest BCUT2D eigenvalue weighted by Gasteiger charge is 2.67. The van der Waals surface area contributed by atoms with Crippen molar-refractivity contribution >= 4 is 45.0 Å². The van der Waals surface area contributed by atoms with Crippen LogP contribution < -0.4 is 4.90 Å². The molecule has 2 aromatic carbocycles. The zero-order valence-corrected chi connectivity index (χ0v) is 21.3. The van der Waals surface area contributed by atoms with Gasteiger partial charge in [-0.2, -0.15) is 0 Å². The highest BCUT2D eigenvalue weighted by atomic mass is 79.9. The molecular weight excluding hydrogens is 526 g/mol. The minimum atomic E-state index is -0.633. The highest BCUT2D eigenvalue weighted by molar-refractivity contribution is 9.10. The number of nitrogens with zero attached hydrogens (tertiary/aromatic N) is 3. The van der Waals surface area contributed by atoms with E-state index in [1.807, 2.05) is 13.8 Å². The number of para-hydroxylation sites is 1. The van der Waals surface area contributed by atoms with Crippen molar-refractivity contribution in [3.8, 4) is 0 Å². The summed E-state index contributed by atoms with van der Waals surface area (Å²) < 4.78 is 0.850. The number of benzene rings is 2. The van der Waals surface area contributed by atoms with Crippen LogP contribution in [0.25, 0.3) is 0 Å². The Kier molecular flexibility index (Phi) is 5.19. The molecule has 6 atom stereocenters. The maximum absolute atomic E-state index is 13.9. The Labute approximate surface area is 216 Å². The second kappa shape index (κ2) is 8.09. The average molecular weight is 550 g/mol. The van der Waals surface area contributed by atoms with Crippen LogP contribution in [0.5, 0.6) is 0 Å². The van der Waals surface area contributed by atoms with Gasteiger partial charge >= 0.3 is 0 Å². The lowest BCUT2D eigenvalue weighted by Crippen LogP contribution is -2.45. The maximum atomic E-state index is 13.9. The first-order valence-electron chi connectivity index (χ1n) is 12.0. The predicted octanol–water partition coefficient (Wildman–Crippen LogP) is 4.63. The number of anilines is 1. The summed E-state index contributed by atoms with van der Waals surface area (Å²) in [5, 5.41) is 11.7. The van der Waals surface area contributed by atoms with Crippen LogP contribution in [0.4, 0.5) is 11.4 Å². The van der Waals surface area contributed by atoms with Crippen molar-refractivity contribution in [2.75, 3.05) is 11.6 Å². The number of hydrogen-bond acceptors (Lipinski definition) is 5. The van der Waals surface area contributed by atoms with Crippen LogP contribution in [0, 0.1) is 59.5 Å². The molecule has 6 unspecified atom stereocenters. The number of hydrogen-bond donors (Lipinski definition) is 0. The van der Waals surface area contributed by atoms with E-state index in [4.69, 9.17) is 0 Å². The minimum absolute atomic E-state index is 0.0717. The van der Waals surface area contributed by atoms with Crippen LogP contribution in [0.3, 0.4) is 0 Å². The molecule has 1 heterocycles. The topological polar surface area (TPSA) is 101 Å². The normalized spacial score (nSPS) is 29.2. The summed E-state index contributed by atoms with van der Waals surface area (Å²) in [6, 6.07) is 9.27. The van der Waals surface area contributed by atoms with Crippen LogP contribution in [0.1, 0.15) is 27.9 Å². The van der Waals surface area contributed by atoms with E-state index in [1.54, 1.807) is 18.2 Å². The molecule has 2 saturated carbocycles. The van der Waals surface area contributed by atoms with E-state index in [-0.39, 0.29) is 53.4 Å². The third-order valence-electron chi connectivity index (χ3n) is 8.60. The Balaban J connectivity index is 1.41. The van der Waals surface area contributed by atoms with E-state index in [9.17, 15) is 24.5 Å². The van der Waals surface area contributed by atoms with Crippen molar-refractivity contribution in [2.24, 2.45) is 35.5 Å². The SMILES string of the molecule is Cc1c(Br)ccc(N(CN2C(=O)C3C4C=CC(C5CC45)C3C2=O)C(=O)c2ccccc2[N+](=O)[O-])c1C. The number of nitro benzene ring substituents is 1. The number of rotatable bonds is 5. The number of halogens is 1. The molecule has 2 aromatic rings. The van der Waals surface area contributed by atoms with E-state index < -0.39 is 10.8 Å². The Bertz CT molecular complexity index is 1350. The number of imide groups is 1. The third kappa shape index (κ3) is 3.21. The molecule has 0 radical (unpaired) electrons. The van der Waals surface area contributed by atoms with E-state index in [2.05, 4.69) is 28.1 Å².